The maximum Gasteiger partial charge on any atom is 0.239 e. The number of rotatable bonds is 5. The van der Waals surface area contributed by atoms with Crippen LogP contribution in [0, 0.1) is 11.3 Å². The van der Waals surface area contributed by atoms with Crippen LogP contribution < -0.4 is 5.32 Å². The van der Waals surface area contributed by atoms with Crippen LogP contribution in [0.15, 0.2) is 0 Å². The lowest BCUT2D eigenvalue weighted by Gasteiger charge is -2.35. The van der Waals surface area contributed by atoms with Crippen molar-refractivity contribution in [2.45, 2.75) is 19.3 Å². The first kappa shape index (κ1) is 20.3. The van der Waals surface area contributed by atoms with E-state index >= 15 is 0 Å². The van der Waals surface area contributed by atoms with Crippen molar-refractivity contribution in [1.29, 1.82) is 5.26 Å². The summed E-state index contributed by atoms with van der Waals surface area (Å²) in [5.74, 6) is 0.0912. The van der Waals surface area contributed by atoms with Gasteiger partial charge < -0.3 is 15.0 Å². The summed E-state index contributed by atoms with van der Waals surface area (Å²) in [7, 11) is 0. The van der Waals surface area contributed by atoms with Gasteiger partial charge in [-0.2, -0.15) is 5.26 Å². The van der Waals surface area contributed by atoms with Crippen molar-refractivity contribution in [1.82, 2.24) is 14.7 Å². The van der Waals surface area contributed by atoms with Crippen molar-refractivity contribution in [3.05, 3.63) is 16.0 Å². The predicted octanol–water partition coefficient (Wildman–Crippen LogP) is 0.523. The van der Waals surface area contributed by atoms with Crippen LogP contribution in [-0.2, 0) is 27.2 Å². The topological polar surface area (TPSA) is 88.9 Å². The zero-order valence-corrected chi connectivity index (χ0v) is 17.4. The summed E-state index contributed by atoms with van der Waals surface area (Å²) in [6, 6.07) is 2.27. The maximum atomic E-state index is 12.5. The summed E-state index contributed by atoms with van der Waals surface area (Å²) in [6.45, 7) is 6.42. The Morgan fingerprint density at radius 2 is 1.72 bits per heavy atom. The van der Waals surface area contributed by atoms with Gasteiger partial charge in [0.2, 0.25) is 11.8 Å². The predicted molar refractivity (Wildman–Crippen MR) is 110 cm³/mol. The standard InChI is InChI=1S/C20H27N5O3S/c21-12-16-15-2-1-3-17(15)29-20(16)22-18(26)13-23-4-6-24(7-5-23)14-19(27)25-8-10-28-11-9-25/h1-11,13-14H2,(H,22,26). The normalized spacial score (nSPS) is 20.3. The van der Waals surface area contributed by atoms with E-state index in [2.05, 4.69) is 21.2 Å². The smallest absolute Gasteiger partial charge is 0.239 e. The molecule has 1 aromatic heterocycles. The van der Waals surface area contributed by atoms with E-state index in [-0.39, 0.29) is 11.8 Å². The number of anilines is 1. The third-order valence-corrected chi connectivity index (χ3v) is 7.05. The first-order chi connectivity index (χ1) is 14.1. The Kier molecular flexibility index (Phi) is 6.45. The molecule has 1 N–H and O–H groups in total. The third-order valence-electron chi connectivity index (χ3n) is 5.84. The van der Waals surface area contributed by atoms with E-state index in [0.29, 0.717) is 50.0 Å². The van der Waals surface area contributed by atoms with E-state index in [4.69, 9.17) is 4.74 Å². The number of thiophene rings is 1. The molecule has 4 rings (SSSR count). The number of nitrogens with zero attached hydrogens (tertiary/aromatic N) is 4. The highest BCUT2D eigenvalue weighted by Gasteiger charge is 2.26. The molecule has 0 aromatic carbocycles. The largest absolute Gasteiger partial charge is 0.378 e. The third kappa shape index (κ3) is 4.78. The van der Waals surface area contributed by atoms with Gasteiger partial charge in [-0.3, -0.25) is 19.4 Å². The van der Waals surface area contributed by atoms with Gasteiger partial charge in [0, 0.05) is 44.1 Å². The molecule has 2 aliphatic heterocycles. The summed E-state index contributed by atoms with van der Waals surface area (Å²) in [6.07, 6.45) is 3.05. The number of nitrogens with one attached hydrogen (secondary N) is 1. The van der Waals surface area contributed by atoms with Crippen molar-refractivity contribution in [3.8, 4) is 6.07 Å². The number of piperazine rings is 1. The molecule has 0 bridgehead atoms. The van der Waals surface area contributed by atoms with Gasteiger partial charge in [0.15, 0.2) is 0 Å². The first-order valence-electron chi connectivity index (χ1n) is 10.3. The fourth-order valence-corrected chi connectivity index (χ4v) is 5.45. The zero-order chi connectivity index (χ0) is 20.2. The lowest BCUT2D eigenvalue weighted by molar-refractivity contribution is -0.137. The minimum Gasteiger partial charge on any atom is -0.378 e. The number of nitriles is 1. The fourth-order valence-electron chi connectivity index (χ4n) is 4.19. The Bertz CT molecular complexity index is 804. The first-order valence-corrected chi connectivity index (χ1v) is 11.1. The van der Waals surface area contributed by atoms with Crippen LogP contribution in [0.5, 0.6) is 0 Å². The van der Waals surface area contributed by atoms with Crippen LogP contribution in [0.25, 0.3) is 0 Å². The quantitative estimate of drug-likeness (QED) is 0.752. The van der Waals surface area contributed by atoms with Gasteiger partial charge in [0.1, 0.15) is 11.1 Å². The van der Waals surface area contributed by atoms with E-state index < -0.39 is 0 Å². The number of amides is 2. The van der Waals surface area contributed by atoms with Crippen LogP contribution in [0.4, 0.5) is 5.00 Å². The molecule has 8 nitrogen and oxygen atoms in total. The molecular weight excluding hydrogens is 390 g/mol. The van der Waals surface area contributed by atoms with Crippen LogP contribution >= 0.6 is 11.3 Å². The molecule has 1 aliphatic carbocycles. The molecule has 2 amide bonds. The lowest BCUT2D eigenvalue weighted by Crippen LogP contribution is -2.52. The summed E-state index contributed by atoms with van der Waals surface area (Å²) in [5, 5.41) is 13.1. The van der Waals surface area contributed by atoms with Gasteiger partial charge in [-0.1, -0.05) is 0 Å². The highest BCUT2D eigenvalue weighted by atomic mass is 32.1. The Labute approximate surface area is 175 Å². The second-order valence-corrected chi connectivity index (χ2v) is 8.87. The highest BCUT2D eigenvalue weighted by molar-refractivity contribution is 7.16. The van der Waals surface area contributed by atoms with Gasteiger partial charge >= 0.3 is 0 Å². The van der Waals surface area contributed by atoms with Gasteiger partial charge in [0.25, 0.3) is 0 Å². The fraction of sp³-hybridized carbons (Fsp3) is 0.650. The van der Waals surface area contributed by atoms with E-state index in [1.807, 2.05) is 4.90 Å². The molecule has 0 atom stereocenters. The molecule has 1 aromatic rings. The number of fused-ring (bicyclic) bond motifs is 1. The minimum atomic E-state index is -0.0701. The number of carbonyl (C=O) groups excluding carboxylic acids is 2. The van der Waals surface area contributed by atoms with E-state index in [1.54, 1.807) is 11.3 Å². The second-order valence-electron chi connectivity index (χ2n) is 7.77. The van der Waals surface area contributed by atoms with Crippen molar-refractivity contribution in [2.24, 2.45) is 0 Å². The Balaban J connectivity index is 1.22. The maximum absolute atomic E-state index is 12.5. The molecule has 3 aliphatic rings. The monoisotopic (exact) mass is 417 g/mol. The van der Waals surface area contributed by atoms with Gasteiger partial charge in [-0.05, 0) is 24.8 Å². The van der Waals surface area contributed by atoms with E-state index in [9.17, 15) is 14.9 Å². The van der Waals surface area contributed by atoms with Crippen molar-refractivity contribution < 1.29 is 14.3 Å². The average molecular weight is 418 g/mol. The molecule has 0 unspecified atom stereocenters. The SMILES string of the molecule is N#Cc1c(NC(=O)CN2CCN(CC(=O)N3CCOCC3)CC2)sc2c1CCC2. The number of ether oxygens (including phenoxy) is 1. The summed E-state index contributed by atoms with van der Waals surface area (Å²) in [5.41, 5.74) is 1.79. The van der Waals surface area contributed by atoms with Crippen LogP contribution in [0.1, 0.15) is 22.4 Å². The van der Waals surface area contributed by atoms with Crippen molar-refractivity contribution in [3.63, 3.8) is 0 Å². The van der Waals surface area contributed by atoms with Crippen LogP contribution in [0.3, 0.4) is 0 Å². The van der Waals surface area contributed by atoms with Crippen LogP contribution in [0.2, 0.25) is 0 Å². The Morgan fingerprint density at radius 3 is 2.41 bits per heavy atom. The summed E-state index contributed by atoms with van der Waals surface area (Å²) < 4.78 is 5.30. The number of aryl methyl sites for hydroxylation is 1. The summed E-state index contributed by atoms with van der Waals surface area (Å²) >= 11 is 1.55. The van der Waals surface area contributed by atoms with Crippen LogP contribution in [-0.4, -0.2) is 92.1 Å². The van der Waals surface area contributed by atoms with Gasteiger partial charge in [-0.25, -0.2) is 0 Å². The molecule has 0 radical (unpaired) electrons. The van der Waals surface area contributed by atoms with E-state index in [1.165, 1.54) is 4.88 Å². The highest BCUT2D eigenvalue weighted by Crippen LogP contribution is 2.38. The average Bonchev–Trinajstić information content (AvgIpc) is 3.30. The molecule has 9 heteroatoms. The molecule has 0 saturated carbocycles. The zero-order valence-electron chi connectivity index (χ0n) is 16.6. The minimum absolute atomic E-state index is 0.0701. The molecule has 2 fully saturated rings. The van der Waals surface area contributed by atoms with Gasteiger partial charge in [-0.15, -0.1) is 11.3 Å². The number of hydrogen-bond acceptors (Lipinski definition) is 7. The molecule has 156 valence electrons. The Morgan fingerprint density at radius 1 is 1.03 bits per heavy atom. The second kappa shape index (κ2) is 9.22. The number of carbonyl (C=O) groups is 2. The molecule has 0 spiro atoms. The Hall–Kier alpha value is -1.99. The van der Waals surface area contributed by atoms with Crippen molar-refractivity contribution in [2.75, 3.05) is 70.9 Å². The van der Waals surface area contributed by atoms with Crippen molar-refractivity contribution >= 4 is 28.2 Å². The summed E-state index contributed by atoms with van der Waals surface area (Å²) in [4.78, 5) is 32.3. The molecule has 29 heavy (non-hydrogen) atoms. The van der Waals surface area contributed by atoms with E-state index in [0.717, 1.165) is 51.0 Å². The number of morpholine rings is 1. The van der Waals surface area contributed by atoms with Gasteiger partial charge in [0.05, 0.1) is 31.9 Å². The molecule has 3 heterocycles. The lowest BCUT2D eigenvalue weighted by atomic mass is 10.1. The molecular formula is C20H27N5O3S. The molecule has 2 saturated heterocycles. The number of hydrogen-bond donors (Lipinski definition) is 1.